The minimum absolute atomic E-state index is 0.0298. The molecule has 3 rings (SSSR count). The van der Waals surface area contributed by atoms with E-state index in [0.717, 1.165) is 11.1 Å². The van der Waals surface area contributed by atoms with Crippen molar-refractivity contribution in [3.05, 3.63) is 59.5 Å². The van der Waals surface area contributed by atoms with Gasteiger partial charge in [0.2, 0.25) is 0 Å². The van der Waals surface area contributed by atoms with Gasteiger partial charge in [-0.3, -0.25) is 4.79 Å². The molecule has 1 amide bonds. The van der Waals surface area contributed by atoms with Crippen molar-refractivity contribution >= 4 is 5.91 Å². The summed E-state index contributed by atoms with van der Waals surface area (Å²) in [4.78, 5) is 12.3. The molecule has 2 aromatic rings. The fourth-order valence-electron chi connectivity index (χ4n) is 2.84. The van der Waals surface area contributed by atoms with E-state index in [9.17, 15) is 15.0 Å². The molecule has 1 aromatic heterocycles. The second-order valence-corrected chi connectivity index (χ2v) is 6.09. The van der Waals surface area contributed by atoms with Gasteiger partial charge in [-0.05, 0) is 30.2 Å². The highest BCUT2D eigenvalue weighted by Crippen LogP contribution is 2.30. The van der Waals surface area contributed by atoms with Gasteiger partial charge < -0.3 is 19.9 Å². The first-order chi connectivity index (χ1) is 10.4. The lowest BCUT2D eigenvalue weighted by atomic mass is 9.98. The van der Waals surface area contributed by atoms with Gasteiger partial charge in [-0.15, -0.1) is 0 Å². The second kappa shape index (κ2) is 5.26. The summed E-state index contributed by atoms with van der Waals surface area (Å²) in [5, 5.41) is 23.6. The standard InChI is InChI=1S/C17H19NO4/c1-16(20,14-7-4-8-22-14)11-18-15(19)17(21)9-12-5-2-3-6-13(12)10-17/h2-8,20-21H,9-11H2,1H3,(H,18,19). The van der Waals surface area contributed by atoms with Crippen LogP contribution in [-0.2, 0) is 23.2 Å². The lowest BCUT2D eigenvalue weighted by Gasteiger charge is -2.25. The summed E-state index contributed by atoms with van der Waals surface area (Å²) in [5.74, 6) is -0.106. The van der Waals surface area contributed by atoms with Crippen molar-refractivity contribution in [2.24, 2.45) is 0 Å². The number of aliphatic hydroxyl groups is 2. The first-order valence-electron chi connectivity index (χ1n) is 7.25. The van der Waals surface area contributed by atoms with Crippen molar-refractivity contribution in [1.29, 1.82) is 0 Å². The highest BCUT2D eigenvalue weighted by Gasteiger charge is 2.42. The highest BCUT2D eigenvalue weighted by atomic mass is 16.4. The molecule has 1 aromatic carbocycles. The summed E-state index contributed by atoms with van der Waals surface area (Å²) >= 11 is 0. The Bertz CT molecular complexity index is 651. The molecule has 1 heterocycles. The predicted octanol–water partition coefficient (Wildman–Crippen LogP) is 1.13. The van der Waals surface area contributed by atoms with Crippen molar-refractivity contribution < 1.29 is 19.4 Å². The number of carbonyl (C=O) groups is 1. The van der Waals surface area contributed by atoms with Crippen molar-refractivity contribution in [2.45, 2.75) is 31.0 Å². The number of furan rings is 1. The Hall–Kier alpha value is -2.11. The van der Waals surface area contributed by atoms with Crippen LogP contribution in [0.25, 0.3) is 0 Å². The molecule has 0 spiro atoms. The van der Waals surface area contributed by atoms with Crippen molar-refractivity contribution in [3.8, 4) is 0 Å². The summed E-state index contributed by atoms with van der Waals surface area (Å²) in [6, 6.07) is 10.9. The largest absolute Gasteiger partial charge is 0.466 e. The van der Waals surface area contributed by atoms with Crippen LogP contribution in [0.2, 0.25) is 0 Å². The third-order valence-corrected chi connectivity index (χ3v) is 4.15. The highest BCUT2D eigenvalue weighted by molar-refractivity contribution is 5.86. The van der Waals surface area contributed by atoms with Gasteiger partial charge in [0, 0.05) is 12.8 Å². The van der Waals surface area contributed by atoms with Gasteiger partial charge in [0.25, 0.3) is 5.91 Å². The second-order valence-electron chi connectivity index (χ2n) is 6.09. The number of benzene rings is 1. The number of carbonyl (C=O) groups excluding carboxylic acids is 1. The van der Waals surface area contributed by atoms with E-state index in [-0.39, 0.29) is 19.4 Å². The third kappa shape index (κ3) is 2.65. The number of fused-ring (bicyclic) bond motifs is 1. The number of hydrogen-bond donors (Lipinski definition) is 3. The molecule has 1 aliphatic rings. The van der Waals surface area contributed by atoms with Crippen molar-refractivity contribution in [2.75, 3.05) is 6.54 Å². The Labute approximate surface area is 128 Å². The minimum Gasteiger partial charge on any atom is -0.466 e. The zero-order valence-corrected chi connectivity index (χ0v) is 12.4. The molecule has 0 aliphatic heterocycles. The van der Waals surface area contributed by atoms with Gasteiger partial charge in [0.1, 0.15) is 11.4 Å². The Morgan fingerprint density at radius 2 is 1.91 bits per heavy atom. The molecule has 5 heteroatoms. The smallest absolute Gasteiger partial charge is 0.252 e. The van der Waals surface area contributed by atoms with Gasteiger partial charge in [0.05, 0.1) is 12.8 Å². The molecule has 1 unspecified atom stereocenters. The van der Waals surface area contributed by atoms with Crippen LogP contribution in [-0.4, -0.2) is 28.3 Å². The molecule has 0 bridgehead atoms. The maximum absolute atomic E-state index is 12.3. The molecule has 1 aliphatic carbocycles. The fraction of sp³-hybridized carbons (Fsp3) is 0.353. The normalized spacial score (nSPS) is 18.5. The van der Waals surface area contributed by atoms with Gasteiger partial charge in [-0.1, -0.05) is 24.3 Å². The Balaban J connectivity index is 1.66. The molecule has 0 radical (unpaired) electrons. The third-order valence-electron chi connectivity index (χ3n) is 4.15. The molecule has 5 nitrogen and oxygen atoms in total. The maximum atomic E-state index is 12.3. The molecule has 22 heavy (non-hydrogen) atoms. The van der Waals surface area contributed by atoms with E-state index in [1.807, 2.05) is 24.3 Å². The summed E-state index contributed by atoms with van der Waals surface area (Å²) in [6.07, 6.45) is 2.04. The molecule has 3 N–H and O–H groups in total. The Kier molecular flexibility index (Phi) is 3.54. The van der Waals surface area contributed by atoms with Gasteiger partial charge in [-0.2, -0.15) is 0 Å². The van der Waals surface area contributed by atoms with Crippen LogP contribution in [0.15, 0.2) is 47.1 Å². The van der Waals surface area contributed by atoms with Crippen LogP contribution in [0.5, 0.6) is 0 Å². The number of nitrogens with one attached hydrogen (secondary N) is 1. The zero-order chi connectivity index (χ0) is 15.8. The van der Waals surface area contributed by atoms with E-state index < -0.39 is 17.1 Å². The van der Waals surface area contributed by atoms with Gasteiger partial charge in [0.15, 0.2) is 5.60 Å². The molecule has 0 saturated heterocycles. The number of amides is 1. The van der Waals surface area contributed by atoms with Gasteiger partial charge in [-0.25, -0.2) is 0 Å². The van der Waals surface area contributed by atoms with Crippen molar-refractivity contribution in [1.82, 2.24) is 5.32 Å². The Morgan fingerprint density at radius 1 is 1.27 bits per heavy atom. The fourth-order valence-corrected chi connectivity index (χ4v) is 2.84. The van der Waals surface area contributed by atoms with Crippen LogP contribution in [0.3, 0.4) is 0 Å². The minimum atomic E-state index is -1.46. The zero-order valence-electron chi connectivity index (χ0n) is 12.4. The molecular formula is C17H19NO4. The lowest BCUT2D eigenvalue weighted by Crippen LogP contribution is -2.51. The van der Waals surface area contributed by atoms with E-state index in [0.29, 0.717) is 5.76 Å². The summed E-state index contributed by atoms with van der Waals surface area (Å²) in [5.41, 5.74) is -0.805. The van der Waals surface area contributed by atoms with E-state index in [1.165, 1.54) is 6.26 Å². The van der Waals surface area contributed by atoms with Crippen LogP contribution in [0, 0.1) is 0 Å². The van der Waals surface area contributed by atoms with E-state index in [1.54, 1.807) is 19.1 Å². The van der Waals surface area contributed by atoms with E-state index in [2.05, 4.69) is 5.32 Å². The molecular weight excluding hydrogens is 282 g/mol. The number of rotatable bonds is 4. The number of hydrogen-bond acceptors (Lipinski definition) is 4. The maximum Gasteiger partial charge on any atom is 0.252 e. The summed E-state index contributed by atoms with van der Waals surface area (Å²) in [7, 11) is 0. The first-order valence-corrected chi connectivity index (χ1v) is 7.25. The molecule has 0 saturated carbocycles. The SMILES string of the molecule is CC(O)(CNC(=O)C1(O)Cc2ccccc2C1)c1ccco1. The van der Waals surface area contributed by atoms with Crippen LogP contribution in [0.1, 0.15) is 23.8 Å². The monoisotopic (exact) mass is 301 g/mol. The van der Waals surface area contributed by atoms with Crippen LogP contribution in [0.4, 0.5) is 0 Å². The van der Waals surface area contributed by atoms with Gasteiger partial charge >= 0.3 is 0 Å². The lowest BCUT2D eigenvalue weighted by molar-refractivity contribution is -0.140. The van der Waals surface area contributed by atoms with Crippen LogP contribution < -0.4 is 5.32 Å². The van der Waals surface area contributed by atoms with Crippen molar-refractivity contribution in [3.63, 3.8) is 0 Å². The van der Waals surface area contributed by atoms with Crippen LogP contribution >= 0.6 is 0 Å². The average molecular weight is 301 g/mol. The van der Waals surface area contributed by atoms with E-state index >= 15 is 0 Å². The van der Waals surface area contributed by atoms with E-state index in [4.69, 9.17) is 4.42 Å². The summed E-state index contributed by atoms with van der Waals surface area (Å²) < 4.78 is 5.17. The molecule has 116 valence electrons. The molecule has 1 atom stereocenters. The average Bonchev–Trinajstić information content (AvgIpc) is 3.12. The molecule has 0 fully saturated rings. The predicted molar refractivity (Wildman–Crippen MR) is 80.1 cm³/mol. The quantitative estimate of drug-likeness (QED) is 0.790. The summed E-state index contributed by atoms with van der Waals surface area (Å²) in [6.45, 7) is 1.53. The Morgan fingerprint density at radius 3 is 2.45 bits per heavy atom. The topological polar surface area (TPSA) is 82.7 Å². The first kappa shape index (κ1) is 14.8.